The van der Waals surface area contributed by atoms with E-state index in [1.807, 2.05) is 19.1 Å². The number of anilines is 2. The Bertz CT molecular complexity index is 2240. The smallest absolute Gasteiger partial charge is 0.319 e. The molecule has 0 spiro atoms. The number of fused-ring (bicyclic) bond motifs is 3. The fourth-order valence-electron chi connectivity index (χ4n) is 7.42. The highest BCUT2D eigenvalue weighted by Gasteiger charge is 2.49. The summed E-state index contributed by atoms with van der Waals surface area (Å²) in [6.07, 6.45) is 9.68. The first-order valence-electron chi connectivity index (χ1n) is 16.8. The maximum atomic E-state index is 17.1. The average Bonchev–Trinajstić information content (AvgIpc) is 3.85. The molecular formula is C37H35F3N8O3. The lowest BCUT2D eigenvalue weighted by atomic mass is 9.94. The second-order valence-electron chi connectivity index (χ2n) is 12.9. The van der Waals surface area contributed by atoms with Crippen molar-refractivity contribution in [2.45, 2.75) is 44.3 Å². The monoisotopic (exact) mass is 696 g/mol. The molecule has 6 heterocycles. The first kappa shape index (κ1) is 32.8. The summed E-state index contributed by atoms with van der Waals surface area (Å²) in [4.78, 5) is 20.0. The molecule has 11 nitrogen and oxygen atoms in total. The van der Waals surface area contributed by atoms with Crippen molar-refractivity contribution in [3.63, 3.8) is 0 Å². The Labute approximate surface area is 291 Å². The minimum Gasteiger partial charge on any atom is -0.468 e. The minimum absolute atomic E-state index is 0.0385. The Morgan fingerprint density at radius 3 is 2.75 bits per heavy atom. The lowest BCUT2D eigenvalue weighted by molar-refractivity contribution is 0.0512. The van der Waals surface area contributed by atoms with Crippen LogP contribution in [0.15, 0.2) is 67.4 Å². The lowest BCUT2D eigenvalue weighted by Gasteiger charge is -2.30. The van der Waals surface area contributed by atoms with E-state index < -0.39 is 23.3 Å². The molecule has 2 saturated heterocycles. The molecule has 6 aromatic rings. The first-order chi connectivity index (χ1) is 24.9. The number of aromatic nitrogens is 6. The molecule has 0 bridgehead atoms. The van der Waals surface area contributed by atoms with Crippen LogP contribution >= 0.6 is 0 Å². The predicted octanol–water partition coefficient (Wildman–Crippen LogP) is 6.95. The third-order valence-electron chi connectivity index (χ3n) is 9.76. The van der Waals surface area contributed by atoms with Crippen LogP contribution in [0.3, 0.4) is 0 Å². The van der Waals surface area contributed by atoms with Gasteiger partial charge in [0.2, 0.25) is 0 Å². The van der Waals surface area contributed by atoms with Gasteiger partial charge in [-0.05, 0) is 72.5 Å². The van der Waals surface area contributed by atoms with Crippen molar-refractivity contribution in [1.29, 1.82) is 0 Å². The number of halogens is 3. The van der Waals surface area contributed by atoms with Gasteiger partial charge < -0.3 is 19.5 Å². The highest BCUT2D eigenvalue weighted by molar-refractivity contribution is 6.02. The van der Waals surface area contributed by atoms with Gasteiger partial charge in [0.05, 0.1) is 34.7 Å². The van der Waals surface area contributed by atoms with Crippen molar-refractivity contribution < 1.29 is 27.4 Å². The van der Waals surface area contributed by atoms with E-state index in [-0.39, 0.29) is 41.8 Å². The van der Waals surface area contributed by atoms with Crippen LogP contribution in [-0.2, 0) is 11.2 Å². The van der Waals surface area contributed by atoms with Gasteiger partial charge in [-0.25, -0.2) is 17.9 Å². The largest absolute Gasteiger partial charge is 0.468 e. The highest BCUT2D eigenvalue weighted by Crippen LogP contribution is 2.42. The number of pyridine rings is 2. The van der Waals surface area contributed by atoms with E-state index in [9.17, 15) is 4.39 Å². The maximum Gasteiger partial charge on any atom is 0.319 e. The van der Waals surface area contributed by atoms with Crippen LogP contribution in [0.4, 0.5) is 24.7 Å². The van der Waals surface area contributed by atoms with Crippen LogP contribution in [0.2, 0.25) is 0 Å². The molecule has 0 radical (unpaired) electrons. The summed E-state index contributed by atoms with van der Waals surface area (Å²) in [7, 11) is 1.50. The van der Waals surface area contributed by atoms with Crippen LogP contribution in [0.1, 0.15) is 31.7 Å². The molecule has 0 aliphatic carbocycles. The van der Waals surface area contributed by atoms with E-state index in [1.165, 1.54) is 19.4 Å². The Morgan fingerprint density at radius 2 is 1.92 bits per heavy atom. The van der Waals surface area contributed by atoms with Gasteiger partial charge in [0.25, 0.3) is 0 Å². The van der Waals surface area contributed by atoms with Gasteiger partial charge in [-0.3, -0.25) is 14.9 Å². The Kier molecular flexibility index (Phi) is 8.64. The number of nitrogens with zero attached hydrogens (tertiary/aromatic N) is 7. The Morgan fingerprint density at radius 1 is 1.06 bits per heavy atom. The zero-order valence-electron chi connectivity index (χ0n) is 28.1. The Balaban J connectivity index is 1.25. The van der Waals surface area contributed by atoms with E-state index in [0.29, 0.717) is 52.7 Å². The van der Waals surface area contributed by atoms with Gasteiger partial charge in [0.1, 0.15) is 41.4 Å². The fraction of sp³-hybridized carbons (Fsp3) is 0.324. The van der Waals surface area contributed by atoms with Crippen molar-refractivity contribution in [2.24, 2.45) is 0 Å². The van der Waals surface area contributed by atoms with E-state index in [1.54, 1.807) is 47.7 Å². The third-order valence-corrected chi connectivity index (χ3v) is 9.76. The molecule has 262 valence electrons. The zero-order valence-corrected chi connectivity index (χ0v) is 28.1. The standard InChI is InChI=1S/C37H35F3N8O3/c1-3-27-30(39)6-5-22-13-26(51-21-49-2)14-28(31(22)27)33-32(40)34-29(17-42-33)35(44-24-16-43-48(19-24)25-7-10-41-11-8-25)46-36(45-34)50-20-37-9-4-12-47(37)18-23(38)15-37/h5-8,10-11,13-14,16-17,19,23H,3-4,9,12,15,18,20-21H2,1-2H3,(H,44,45,46)/t23-,37+/m1/s1. The summed E-state index contributed by atoms with van der Waals surface area (Å²) in [6.45, 7) is 3.11. The number of benzene rings is 2. The molecule has 14 heteroatoms. The quantitative estimate of drug-likeness (QED) is 0.143. The summed E-state index contributed by atoms with van der Waals surface area (Å²) in [5.41, 5.74) is 1.54. The zero-order chi connectivity index (χ0) is 35.1. The van der Waals surface area contributed by atoms with Gasteiger partial charge in [-0.1, -0.05) is 13.0 Å². The molecule has 2 fully saturated rings. The van der Waals surface area contributed by atoms with Gasteiger partial charge >= 0.3 is 6.01 Å². The molecule has 8 rings (SSSR count). The van der Waals surface area contributed by atoms with Crippen LogP contribution < -0.4 is 14.8 Å². The number of ether oxygens (including phenoxy) is 3. The predicted molar refractivity (Wildman–Crippen MR) is 185 cm³/mol. The van der Waals surface area contributed by atoms with E-state index in [4.69, 9.17) is 14.2 Å². The molecule has 0 unspecified atom stereocenters. The molecule has 0 saturated carbocycles. The molecular weight excluding hydrogens is 661 g/mol. The average molecular weight is 697 g/mol. The maximum absolute atomic E-state index is 17.1. The number of alkyl halides is 1. The summed E-state index contributed by atoms with van der Waals surface area (Å²) >= 11 is 0. The summed E-state index contributed by atoms with van der Waals surface area (Å²) in [5.74, 6) is -0.521. The summed E-state index contributed by atoms with van der Waals surface area (Å²) in [6, 6.07) is 9.96. The first-order valence-corrected chi connectivity index (χ1v) is 16.8. The molecule has 51 heavy (non-hydrogen) atoms. The van der Waals surface area contributed by atoms with Crippen molar-refractivity contribution in [2.75, 3.05) is 38.9 Å². The Hall–Kier alpha value is -5.34. The van der Waals surface area contributed by atoms with Gasteiger partial charge in [-0.2, -0.15) is 15.1 Å². The normalized spacial score (nSPS) is 18.8. The third kappa shape index (κ3) is 6.08. The molecule has 2 aliphatic rings. The summed E-state index contributed by atoms with van der Waals surface area (Å²) < 4.78 is 65.5. The van der Waals surface area contributed by atoms with Crippen molar-refractivity contribution in [1.82, 2.24) is 34.6 Å². The number of hydrogen-bond acceptors (Lipinski definition) is 10. The number of hydrogen-bond donors (Lipinski definition) is 1. The second-order valence-corrected chi connectivity index (χ2v) is 12.9. The van der Waals surface area contributed by atoms with Gasteiger partial charge in [-0.15, -0.1) is 0 Å². The van der Waals surface area contributed by atoms with Crippen LogP contribution in [0, 0.1) is 11.6 Å². The topological polar surface area (TPSA) is 112 Å². The van der Waals surface area contributed by atoms with E-state index in [0.717, 1.165) is 25.1 Å². The van der Waals surface area contributed by atoms with Gasteiger partial charge in [0.15, 0.2) is 12.6 Å². The minimum atomic E-state index is -0.942. The summed E-state index contributed by atoms with van der Waals surface area (Å²) in [5, 5.41) is 9.13. The second kappa shape index (κ2) is 13.4. The number of rotatable bonds is 11. The van der Waals surface area contributed by atoms with Crippen LogP contribution in [0.5, 0.6) is 11.8 Å². The SMILES string of the molecule is CCc1c(F)ccc2cc(OCOC)cc(-c3ncc4c(Nc5cnn(-c6ccncc6)c5)nc(OC[C@@]56CCCN5C[C@H](F)C6)nc4c3F)c12. The van der Waals surface area contributed by atoms with E-state index in [2.05, 4.69) is 35.3 Å². The molecule has 1 N–H and O–H groups in total. The molecule has 0 amide bonds. The van der Waals surface area contributed by atoms with Crippen LogP contribution in [0.25, 0.3) is 38.6 Å². The molecule has 2 aromatic carbocycles. The fourth-order valence-corrected chi connectivity index (χ4v) is 7.42. The van der Waals surface area contributed by atoms with Crippen molar-refractivity contribution >= 4 is 33.2 Å². The van der Waals surface area contributed by atoms with E-state index >= 15 is 8.78 Å². The van der Waals surface area contributed by atoms with Crippen LogP contribution in [-0.4, -0.2) is 79.9 Å². The van der Waals surface area contributed by atoms with Crippen molar-refractivity contribution in [3.05, 3.63) is 84.6 Å². The molecule has 2 atom stereocenters. The van der Waals surface area contributed by atoms with Crippen molar-refractivity contribution in [3.8, 4) is 28.7 Å². The molecule has 2 aliphatic heterocycles. The molecule has 4 aromatic heterocycles. The number of aryl methyl sites for hydroxylation is 1. The number of methoxy groups -OCH3 is 1. The number of nitrogens with one attached hydrogen (secondary N) is 1. The lowest BCUT2D eigenvalue weighted by Crippen LogP contribution is -2.43. The highest BCUT2D eigenvalue weighted by atomic mass is 19.1. The van der Waals surface area contributed by atoms with Gasteiger partial charge in [0, 0.05) is 44.2 Å².